The summed E-state index contributed by atoms with van der Waals surface area (Å²) in [5.74, 6) is 0.209. The number of rotatable bonds is 4. The van der Waals surface area contributed by atoms with Gasteiger partial charge in [-0.05, 0) is 24.6 Å². The van der Waals surface area contributed by atoms with E-state index in [0.717, 1.165) is 5.56 Å². The minimum Gasteiger partial charge on any atom is -0.432 e. The predicted octanol–water partition coefficient (Wildman–Crippen LogP) is 3.18. The van der Waals surface area contributed by atoms with Crippen molar-refractivity contribution in [2.75, 3.05) is 12.4 Å². The Balaban J connectivity index is 2.48. The standard InChI is InChI=1S/C12H11ClN4O3/c1-7-3-4-8(13)9(5-7)20-12-10(17(18)19)11(14-2)15-6-16-12/h3-6H,1-2H3,(H,14,15,16). The molecule has 104 valence electrons. The maximum absolute atomic E-state index is 11.1. The molecular formula is C12H11ClN4O3. The summed E-state index contributed by atoms with van der Waals surface area (Å²) in [6.07, 6.45) is 1.18. The van der Waals surface area contributed by atoms with Crippen LogP contribution in [0.2, 0.25) is 5.02 Å². The maximum Gasteiger partial charge on any atom is 0.373 e. The lowest BCUT2D eigenvalue weighted by atomic mass is 10.2. The van der Waals surface area contributed by atoms with Crippen LogP contribution in [-0.4, -0.2) is 21.9 Å². The number of anilines is 1. The molecule has 0 spiro atoms. The number of aryl methyl sites for hydroxylation is 1. The topological polar surface area (TPSA) is 90.2 Å². The zero-order valence-corrected chi connectivity index (χ0v) is 11.5. The van der Waals surface area contributed by atoms with Crippen molar-refractivity contribution in [3.63, 3.8) is 0 Å². The summed E-state index contributed by atoms with van der Waals surface area (Å²) in [4.78, 5) is 18.1. The summed E-state index contributed by atoms with van der Waals surface area (Å²) in [5, 5.41) is 14.1. The molecule has 0 bridgehead atoms. The smallest absolute Gasteiger partial charge is 0.373 e. The van der Waals surface area contributed by atoms with Gasteiger partial charge in [0, 0.05) is 7.05 Å². The van der Waals surface area contributed by atoms with Gasteiger partial charge in [0.2, 0.25) is 5.82 Å². The highest BCUT2D eigenvalue weighted by Crippen LogP contribution is 2.36. The molecule has 0 aliphatic rings. The molecule has 7 nitrogen and oxygen atoms in total. The van der Waals surface area contributed by atoms with Crippen molar-refractivity contribution in [2.45, 2.75) is 6.92 Å². The van der Waals surface area contributed by atoms with Crippen molar-refractivity contribution in [1.82, 2.24) is 9.97 Å². The number of nitrogens with one attached hydrogen (secondary N) is 1. The third-order valence-corrected chi connectivity index (χ3v) is 2.81. The highest BCUT2D eigenvalue weighted by atomic mass is 35.5. The summed E-state index contributed by atoms with van der Waals surface area (Å²) in [6.45, 7) is 1.86. The highest BCUT2D eigenvalue weighted by Gasteiger charge is 2.24. The Hall–Kier alpha value is -2.41. The molecule has 20 heavy (non-hydrogen) atoms. The number of aromatic nitrogens is 2. The highest BCUT2D eigenvalue weighted by molar-refractivity contribution is 6.32. The second-order valence-electron chi connectivity index (χ2n) is 3.92. The average molecular weight is 295 g/mol. The van der Waals surface area contributed by atoms with Crippen LogP contribution in [0.25, 0.3) is 0 Å². The molecule has 0 unspecified atom stereocenters. The molecule has 0 atom stereocenters. The Labute approximate surface area is 119 Å². The zero-order valence-electron chi connectivity index (χ0n) is 10.8. The summed E-state index contributed by atoms with van der Waals surface area (Å²) >= 11 is 6.00. The second-order valence-corrected chi connectivity index (χ2v) is 4.33. The molecule has 0 radical (unpaired) electrons. The molecule has 2 rings (SSSR count). The summed E-state index contributed by atoms with van der Waals surface area (Å²) in [6, 6.07) is 5.13. The molecule has 0 aliphatic carbocycles. The van der Waals surface area contributed by atoms with Crippen molar-refractivity contribution in [2.24, 2.45) is 0 Å². The Bertz CT molecular complexity index is 663. The average Bonchev–Trinajstić information content (AvgIpc) is 2.42. The second kappa shape index (κ2) is 5.70. The fourth-order valence-corrected chi connectivity index (χ4v) is 1.73. The minimum absolute atomic E-state index is 0.0729. The van der Waals surface area contributed by atoms with Crippen LogP contribution in [0.15, 0.2) is 24.5 Å². The van der Waals surface area contributed by atoms with Crippen LogP contribution in [0.3, 0.4) is 0 Å². The first-order chi connectivity index (χ1) is 9.52. The summed E-state index contributed by atoms with van der Waals surface area (Å²) in [7, 11) is 1.53. The molecule has 0 saturated carbocycles. The number of hydrogen-bond acceptors (Lipinski definition) is 6. The van der Waals surface area contributed by atoms with Gasteiger partial charge in [0.15, 0.2) is 0 Å². The fourth-order valence-electron chi connectivity index (χ4n) is 1.58. The van der Waals surface area contributed by atoms with Gasteiger partial charge in [0.05, 0.1) is 9.95 Å². The molecule has 0 amide bonds. The van der Waals surface area contributed by atoms with E-state index in [0.29, 0.717) is 10.8 Å². The molecule has 0 fully saturated rings. The van der Waals surface area contributed by atoms with Crippen LogP contribution >= 0.6 is 11.6 Å². The van der Waals surface area contributed by atoms with Gasteiger partial charge < -0.3 is 10.1 Å². The Kier molecular flexibility index (Phi) is 3.99. The van der Waals surface area contributed by atoms with E-state index in [1.54, 1.807) is 12.1 Å². The number of halogens is 1. The van der Waals surface area contributed by atoms with E-state index in [-0.39, 0.29) is 17.4 Å². The SMILES string of the molecule is CNc1ncnc(Oc2cc(C)ccc2Cl)c1[N+](=O)[O-]. The van der Waals surface area contributed by atoms with E-state index in [4.69, 9.17) is 16.3 Å². The molecule has 2 aromatic rings. The number of nitro groups is 1. The van der Waals surface area contributed by atoms with E-state index in [9.17, 15) is 10.1 Å². The Morgan fingerprint density at radius 1 is 1.40 bits per heavy atom. The van der Waals surface area contributed by atoms with Crippen LogP contribution < -0.4 is 10.1 Å². The van der Waals surface area contributed by atoms with E-state index in [2.05, 4.69) is 15.3 Å². The number of benzene rings is 1. The van der Waals surface area contributed by atoms with E-state index >= 15 is 0 Å². The molecule has 1 heterocycles. The van der Waals surface area contributed by atoms with Crippen molar-refractivity contribution in [1.29, 1.82) is 0 Å². The first-order valence-electron chi connectivity index (χ1n) is 5.64. The normalized spacial score (nSPS) is 10.2. The lowest BCUT2D eigenvalue weighted by Crippen LogP contribution is -2.03. The quantitative estimate of drug-likeness (QED) is 0.688. The predicted molar refractivity (Wildman–Crippen MR) is 74.5 cm³/mol. The number of nitrogens with zero attached hydrogens (tertiary/aromatic N) is 3. The molecule has 1 aromatic heterocycles. The van der Waals surface area contributed by atoms with Crippen molar-refractivity contribution in [3.8, 4) is 11.6 Å². The summed E-state index contributed by atoms with van der Waals surface area (Å²) in [5.41, 5.74) is 0.572. The van der Waals surface area contributed by atoms with E-state index in [1.165, 1.54) is 13.4 Å². The number of hydrogen-bond donors (Lipinski definition) is 1. The van der Waals surface area contributed by atoms with Gasteiger partial charge in [-0.25, -0.2) is 4.98 Å². The minimum atomic E-state index is -0.606. The monoisotopic (exact) mass is 294 g/mol. The largest absolute Gasteiger partial charge is 0.432 e. The molecule has 1 aromatic carbocycles. The van der Waals surface area contributed by atoms with Gasteiger partial charge in [-0.3, -0.25) is 10.1 Å². The Morgan fingerprint density at radius 3 is 2.80 bits per heavy atom. The van der Waals surface area contributed by atoms with Gasteiger partial charge in [-0.1, -0.05) is 17.7 Å². The maximum atomic E-state index is 11.1. The van der Waals surface area contributed by atoms with Gasteiger partial charge >= 0.3 is 11.6 Å². The van der Waals surface area contributed by atoms with Crippen LogP contribution in [0.4, 0.5) is 11.5 Å². The third-order valence-electron chi connectivity index (χ3n) is 2.50. The lowest BCUT2D eigenvalue weighted by Gasteiger charge is -2.09. The number of ether oxygens (including phenoxy) is 1. The Morgan fingerprint density at radius 2 is 2.15 bits per heavy atom. The van der Waals surface area contributed by atoms with Gasteiger partial charge in [0.25, 0.3) is 0 Å². The van der Waals surface area contributed by atoms with E-state index in [1.807, 2.05) is 13.0 Å². The van der Waals surface area contributed by atoms with E-state index < -0.39 is 4.92 Å². The van der Waals surface area contributed by atoms with Gasteiger partial charge in [-0.2, -0.15) is 4.98 Å². The summed E-state index contributed by atoms with van der Waals surface area (Å²) < 4.78 is 5.46. The molecule has 8 heteroatoms. The van der Waals surface area contributed by atoms with Crippen LogP contribution in [0.1, 0.15) is 5.56 Å². The van der Waals surface area contributed by atoms with Gasteiger partial charge in [-0.15, -0.1) is 0 Å². The van der Waals surface area contributed by atoms with Crippen LogP contribution in [-0.2, 0) is 0 Å². The first kappa shape index (κ1) is 14.0. The van der Waals surface area contributed by atoms with Gasteiger partial charge in [0.1, 0.15) is 12.1 Å². The van der Waals surface area contributed by atoms with Crippen molar-refractivity contribution < 1.29 is 9.66 Å². The first-order valence-corrected chi connectivity index (χ1v) is 6.02. The van der Waals surface area contributed by atoms with Crippen LogP contribution in [0, 0.1) is 17.0 Å². The van der Waals surface area contributed by atoms with Crippen molar-refractivity contribution in [3.05, 3.63) is 45.2 Å². The molecular weight excluding hydrogens is 284 g/mol. The van der Waals surface area contributed by atoms with Crippen LogP contribution in [0.5, 0.6) is 11.6 Å². The lowest BCUT2D eigenvalue weighted by molar-refractivity contribution is -0.385. The molecule has 0 aliphatic heterocycles. The molecule has 0 saturated heterocycles. The molecule has 1 N–H and O–H groups in total. The fraction of sp³-hybridized carbons (Fsp3) is 0.167. The van der Waals surface area contributed by atoms with Crippen molar-refractivity contribution >= 4 is 23.1 Å². The third kappa shape index (κ3) is 2.77. The zero-order chi connectivity index (χ0) is 14.7.